The number of carboxylic acid groups (broad SMARTS) is 1. The van der Waals surface area contributed by atoms with Gasteiger partial charge in [0.15, 0.2) is 0 Å². The maximum atomic E-state index is 12.6. The number of amides is 1. The molecule has 0 saturated heterocycles. The molecule has 148 valence electrons. The zero-order valence-electron chi connectivity index (χ0n) is 16.0. The van der Waals surface area contributed by atoms with E-state index >= 15 is 0 Å². The average Bonchev–Trinajstić information content (AvgIpc) is 2.74. The van der Waals surface area contributed by atoms with Crippen molar-refractivity contribution in [2.45, 2.75) is 6.92 Å². The van der Waals surface area contributed by atoms with Crippen LogP contribution in [-0.4, -0.2) is 17.0 Å². The molecule has 0 aliphatic rings. The van der Waals surface area contributed by atoms with Crippen LogP contribution in [0.25, 0.3) is 22.1 Å². The SMILES string of the molecule is Cc1c(NC(=O)c2ccc(-c3cc4ccccc4oc3=O)cc2)cccc1C(=O)O. The van der Waals surface area contributed by atoms with Crippen molar-refractivity contribution in [2.75, 3.05) is 5.32 Å². The number of carbonyl (C=O) groups is 2. The number of hydrogen-bond acceptors (Lipinski definition) is 4. The van der Waals surface area contributed by atoms with E-state index in [1.165, 1.54) is 6.07 Å². The summed E-state index contributed by atoms with van der Waals surface area (Å²) >= 11 is 0. The highest BCUT2D eigenvalue weighted by Crippen LogP contribution is 2.23. The Morgan fingerprint density at radius 1 is 0.933 bits per heavy atom. The van der Waals surface area contributed by atoms with Crippen molar-refractivity contribution in [3.05, 3.63) is 99.9 Å². The number of anilines is 1. The minimum atomic E-state index is -1.05. The van der Waals surface area contributed by atoms with Gasteiger partial charge < -0.3 is 14.8 Å². The monoisotopic (exact) mass is 399 g/mol. The van der Waals surface area contributed by atoms with Gasteiger partial charge in [0.05, 0.1) is 11.1 Å². The summed E-state index contributed by atoms with van der Waals surface area (Å²) in [7, 11) is 0. The van der Waals surface area contributed by atoms with E-state index < -0.39 is 11.6 Å². The molecule has 2 N–H and O–H groups in total. The predicted molar refractivity (Wildman–Crippen MR) is 114 cm³/mol. The van der Waals surface area contributed by atoms with E-state index in [0.29, 0.717) is 33.5 Å². The number of hydrogen-bond donors (Lipinski definition) is 2. The quantitative estimate of drug-likeness (QED) is 0.484. The van der Waals surface area contributed by atoms with Crippen LogP contribution in [-0.2, 0) is 0 Å². The first kappa shape index (κ1) is 19.1. The largest absolute Gasteiger partial charge is 0.478 e. The first-order valence-electron chi connectivity index (χ1n) is 9.21. The molecule has 1 heterocycles. The molecule has 1 amide bonds. The minimum Gasteiger partial charge on any atom is -0.478 e. The highest BCUT2D eigenvalue weighted by atomic mass is 16.4. The van der Waals surface area contributed by atoms with Crippen LogP contribution in [0.1, 0.15) is 26.3 Å². The number of para-hydroxylation sites is 1. The van der Waals surface area contributed by atoms with E-state index in [1.807, 2.05) is 12.1 Å². The molecule has 0 aliphatic heterocycles. The molecule has 0 unspecified atom stereocenters. The molecule has 3 aromatic carbocycles. The molecule has 0 radical (unpaired) electrons. The maximum Gasteiger partial charge on any atom is 0.344 e. The van der Waals surface area contributed by atoms with Crippen LogP contribution >= 0.6 is 0 Å². The lowest BCUT2D eigenvalue weighted by Gasteiger charge is -2.11. The number of fused-ring (bicyclic) bond motifs is 1. The summed E-state index contributed by atoms with van der Waals surface area (Å²) in [6.45, 7) is 1.64. The molecule has 0 atom stereocenters. The van der Waals surface area contributed by atoms with Crippen LogP contribution in [0.15, 0.2) is 82.0 Å². The molecule has 6 nitrogen and oxygen atoms in total. The predicted octanol–water partition coefficient (Wildman–Crippen LogP) is 4.72. The van der Waals surface area contributed by atoms with Gasteiger partial charge in [-0.1, -0.05) is 36.4 Å². The molecule has 0 aliphatic carbocycles. The second-order valence-corrected chi connectivity index (χ2v) is 6.80. The van der Waals surface area contributed by atoms with Crippen molar-refractivity contribution < 1.29 is 19.1 Å². The van der Waals surface area contributed by atoms with E-state index in [1.54, 1.807) is 61.5 Å². The standard InChI is InChI=1S/C24H17NO5/c1-14-18(23(27)28)6-4-7-20(14)25-22(26)16-11-9-15(10-12-16)19-13-17-5-2-3-8-21(17)30-24(19)29/h2-13H,1H3,(H,25,26)(H,27,28). The third kappa shape index (κ3) is 3.58. The van der Waals surface area contributed by atoms with E-state index in [2.05, 4.69) is 5.32 Å². The molecule has 30 heavy (non-hydrogen) atoms. The second kappa shape index (κ2) is 7.67. The highest BCUT2D eigenvalue weighted by Gasteiger charge is 2.14. The summed E-state index contributed by atoms with van der Waals surface area (Å²) in [6, 6.07) is 20.3. The van der Waals surface area contributed by atoms with Gasteiger partial charge in [-0.2, -0.15) is 0 Å². The van der Waals surface area contributed by atoms with E-state index in [0.717, 1.165) is 5.39 Å². The first-order chi connectivity index (χ1) is 14.4. The zero-order chi connectivity index (χ0) is 21.3. The highest BCUT2D eigenvalue weighted by molar-refractivity contribution is 6.05. The summed E-state index contributed by atoms with van der Waals surface area (Å²) < 4.78 is 5.36. The smallest absolute Gasteiger partial charge is 0.344 e. The minimum absolute atomic E-state index is 0.131. The molecule has 4 aromatic rings. The molecule has 4 rings (SSSR count). The van der Waals surface area contributed by atoms with Gasteiger partial charge in [-0.25, -0.2) is 9.59 Å². The Kier molecular flexibility index (Phi) is 4.90. The lowest BCUT2D eigenvalue weighted by Crippen LogP contribution is -2.14. The molecule has 0 spiro atoms. The van der Waals surface area contributed by atoms with Gasteiger partial charge in [0.2, 0.25) is 0 Å². The third-order valence-electron chi connectivity index (χ3n) is 4.91. The second-order valence-electron chi connectivity index (χ2n) is 6.80. The number of nitrogens with one attached hydrogen (secondary N) is 1. The Balaban J connectivity index is 1.61. The van der Waals surface area contributed by atoms with Gasteiger partial charge in [-0.3, -0.25) is 4.79 Å². The number of rotatable bonds is 4. The topological polar surface area (TPSA) is 96.6 Å². The Hall–Kier alpha value is -4.19. The van der Waals surface area contributed by atoms with Crippen LogP contribution in [0.3, 0.4) is 0 Å². The summed E-state index contributed by atoms with van der Waals surface area (Å²) in [6.07, 6.45) is 0. The maximum absolute atomic E-state index is 12.6. The molecule has 0 saturated carbocycles. The van der Waals surface area contributed by atoms with Crippen LogP contribution in [0, 0.1) is 6.92 Å². The zero-order valence-corrected chi connectivity index (χ0v) is 16.0. The van der Waals surface area contributed by atoms with E-state index in [9.17, 15) is 19.5 Å². The Morgan fingerprint density at radius 2 is 1.67 bits per heavy atom. The molecule has 1 aromatic heterocycles. The average molecular weight is 399 g/mol. The van der Waals surface area contributed by atoms with Crippen molar-refractivity contribution in [2.24, 2.45) is 0 Å². The third-order valence-corrected chi connectivity index (χ3v) is 4.91. The molecule has 6 heteroatoms. The van der Waals surface area contributed by atoms with Gasteiger partial charge in [-0.05, 0) is 54.4 Å². The summed E-state index contributed by atoms with van der Waals surface area (Å²) in [5.74, 6) is -1.43. The van der Waals surface area contributed by atoms with Crippen LogP contribution in [0.5, 0.6) is 0 Å². The molecule has 0 bridgehead atoms. The fraction of sp³-hybridized carbons (Fsp3) is 0.0417. The van der Waals surface area contributed by atoms with Crippen LogP contribution in [0.4, 0.5) is 5.69 Å². The Bertz CT molecular complexity index is 1340. The van der Waals surface area contributed by atoms with Gasteiger partial charge in [0.25, 0.3) is 5.91 Å². The number of carbonyl (C=O) groups excluding carboxylic acids is 1. The van der Waals surface area contributed by atoms with Gasteiger partial charge in [0, 0.05) is 16.6 Å². The summed E-state index contributed by atoms with van der Waals surface area (Å²) in [5.41, 5.74) is 2.52. The fourth-order valence-electron chi connectivity index (χ4n) is 3.26. The van der Waals surface area contributed by atoms with Gasteiger partial charge in [0.1, 0.15) is 5.58 Å². The van der Waals surface area contributed by atoms with Gasteiger partial charge in [-0.15, -0.1) is 0 Å². The Labute approximate surface area is 171 Å². The van der Waals surface area contributed by atoms with E-state index in [-0.39, 0.29) is 11.5 Å². The van der Waals surface area contributed by atoms with Crippen molar-refractivity contribution in [1.29, 1.82) is 0 Å². The summed E-state index contributed by atoms with van der Waals surface area (Å²) in [4.78, 5) is 36.2. The van der Waals surface area contributed by atoms with Crippen molar-refractivity contribution in [3.8, 4) is 11.1 Å². The lowest BCUT2D eigenvalue weighted by atomic mass is 10.0. The number of carboxylic acids is 1. The van der Waals surface area contributed by atoms with Crippen molar-refractivity contribution >= 4 is 28.5 Å². The normalized spacial score (nSPS) is 10.7. The van der Waals surface area contributed by atoms with Gasteiger partial charge >= 0.3 is 11.6 Å². The fourth-order valence-corrected chi connectivity index (χ4v) is 3.26. The van der Waals surface area contributed by atoms with Crippen molar-refractivity contribution in [3.63, 3.8) is 0 Å². The van der Waals surface area contributed by atoms with Crippen LogP contribution < -0.4 is 10.9 Å². The van der Waals surface area contributed by atoms with Crippen LogP contribution in [0.2, 0.25) is 0 Å². The Morgan fingerprint density at radius 3 is 2.40 bits per heavy atom. The molecular formula is C24H17NO5. The number of benzene rings is 3. The lowest BCUT2D eigenvalue weighted by molar-refractivity contribution is 0.0695. The number of aromatic carboxylic acids is 1. The summed E-state index contributed by atoms with van der Waals surface area (Å²) in [5, 5.41) is 12.8. The van der Waals surface area contributed by atoms with Crippen molar-refractivity contribution in [1.82, 2.24) is 0 Å². The molecule has 0 fully saturated rings. The first-order valence-corrected chi connectivity index (χ1v) is 9.21. The van der Waals surface area contributed by atoms with E-state index in [4.69, 9.17) is 4.42 Å². The molecular weight excluding hydrogens is 382 g/mol.